The van der Waals surface area contributed by atoms with Crippen LogP contribution in [0.3, 0.4) is 0 Å². The number of nitrogens with one attached hydrogen (secondary N) is 2. The van der Waals surface area contributed by atoms with Crippen LogP contribution in [0.5, 0.6) is 0 Å². The molecule has 2 saturated heterocycles. The summed E-state index contributed by atoms with van der Waals surface area (Å²) in [7, 11) is 0. The Balaban J connectivity index is 1.68. The molecule has 2 N–H and O–H groups in total. The van der Waals surface area contributed by atoms with Crippen LogP contribution in [-0.2, 0) is 14.3 Å². The molecule has 2 aliphatic rings. The number of rotatable bonds is 7. The lowest BCUT2D eigenvalue weighted by Crippen LogP contribution is -2.62. The van der Waals surface area contributed by atoms with Crippen LogP contribution in [0, 0.1) is 5.82 Å². The van der Waals surface area contributed by atoms with E-state index >= 15 is 4.39 Å². The average Bonchev–Trinajstić information content (AvgIpc) is 3.10. The maximum absolute atomic E-state index is 15.1. The van der Waals surface area contributed by atoms with E-state index in [9.17, 15) is 14.4 Å². The Morgan fingerprint density at radius 2 is 2.06 bits per heavy atom. The van der Waals surface area contributed by atoms with Crippen LogP contribution in [0.1, 0.15) is 13.8 Å². The number of amides is 3. The van der Waals surface area contributed by atoms with Gasteiger partial charge in [-0.05, 0) is 25.1 Å². The first-order valence-corrected chi connectivity index (χ1v) is 12.7. The zero-order valence-corrected chi connectivity index (χ0v) is 22.8. The molecule has 2 fully saturated rings. The second-order valence-electron chi connectivity index (χ2n) is 7.95. The van der Waals surface area contributed by atoms with Gasteiger partial charge < -0.3 is 20.3 Å². The number of alkyl halides is 3. The van der Waals surface area contributed by atoms with E-state index in [1.807, 2.05) is 11.8 Å². The van der Waals surface area contributed by atoms with Crippen molar-refractivity contribution in [3.8, 4) is 0 Å². The number of hydrogen-bond acceptors (Lipinski definition) is 6. The highest BCUT2D eigenvalue weighted by Gasteiger charge is 2.40. The first-order chi connectivity index (χ1) is 15.5. The topological polar surface area (TPSA) is 94.2 Å². The summed E-state index contributed by atoms with van der Waals surface area (Å²) in [5.74, 6) is -0.652. The first-order valence-electron chi connectivity index (χ1n) is 10.3. The van der Waals surface area contributed by atoms with Crippen molar-refractivity contribution in [3.05, 3.63) is 24.0 Å². The lowest BCUT2D eigenvalue weighted by molar-refractivity contribution is -0.119. The van der Waals surface area contributed by atoms with Gasteiger partial charge in [0.05, 0.1) is 24.5 Å². The summed E-state index contributed by atoms with van der Waals surface area (Å²) in [6.07, 6.45) is -0.788. The van der Waals surface area contributed by atoms with E-state index in [0.717, 1.165) is 0 Å². The Morgan fingerprint density at radius 3 is 2.64 bits per heavy atom. The van der Waals surface area contributed by atoms with Crippen molar-refractivity contribution in [2.24, 2.45) is 0 Å². The number of cyclic esters (lactones) is 1. The molecule has 2 heterocycles. The number of nitrogens with zero attached hydrogens (tertiary/aromatic N) is 3. The summed E-state index contributed by atoms with van der Waals surface area (Å²) >= 11 is 10.4. The predicted octanol–water partition coefficient (Wildman–Crippen LogP) is 2.71. The summed E-state index contributed by atoms with van der Waals surface area (Å²) < 4.78 is 19.6. The third kappa shape index (κ3) is 6.37. The predicted molar refractivity (Wildman–Crippen MR) is 134 cm³/mol. The molecule has 3 rings (SSSR count). The first kappa shape index (κ1) is 26.2. The molecule has 0 spiro atoms. The van der Waals surface area contributed by atoms with Crippen molar-refractivity contribution in [1.29, 1.82) is 0 Å². The van der Waals surface area contributed by atoms with Crippen molar-refractivity contribution in [2.75, 3.05) is 42.5 Å². The molecule has 3 atom stereocenters. The van der Waals surface area contributed by atoms with Crippen LogP contribution < -0.4 is 20.4 Å². The van der Waals surface area contributed by atoms with E-state index in [2.05, 4.69) is 63.3 Å². The number of carbonyl (C=O) groups is 3. The van der Waals surface area contributed by atoms with Gasteiger partial charge in [-0.15, -0.1) is 0 Å². The molecule has 0 bridgehead atoms. The van der Waals surface area contributed by atoms with Gasteiger partial charge in [0.15, 0.2) is 2.14 Å². The Bertz CT molecular complexity index is 903. The molecule has 33 heavy (non-hydrogen) atoms. The van der Waals surface area contributed by atoms with Crippen LogP contribution in [0.2, 0.25) is 0 Å². The molecular weight excluding hydrogens is 633 g/mol. The molecule has 13 heteroatoms. The molecule has 3 amide bonds. The zero-order valence-electron chi connectivity index (χ0n) is 18.1. The van der Waals surface area contributed by atoms with Gasteiger partial charge in [0.1, 0.15) is 18.1 Å². The largest absolute Gasteiger partial charge is 0.442 e. The van der Waals surface area contributed by atoms with Crippen molar-refractivity contribution in [3.63, 3.8) is 0 Å². The number of halogens is 4. The standard InChI is InChI=1S/C20H25Br3FN5O4/c1-12-9-27(5-6-28(12)18(26-11-30)20(21,22)23)17-4-3-14(7-16(17)24)29-10-15(33-19(29)32)8-25-13(2)31/h3-4,7,11-12,15,18H,5-6,8-10H2,1-2H3,(H,25,31)(H,26,30)/t12?,15-,18?/m0/s1. The molecule has 2 unspecified atom stereocenters. The summed E-state index contributed by atoms with van der Waals surface area (Å²) in [5.41, 5.74) is 0.839. The number of hydrogen-bond donors (Lipinski definition) is 2. The fourth-order valence-electron chi connectivity index (χ4n) is 4.03. The quantitative estimate of drug-likeness (QED) is 0.346. The molecule has 1 aromatic carbocycles. The minimum absolute atomic E-state index is 0.00500. The Labute approximate surface area is 216 Å². The van der Waals surface area contributed by atoms with Gasteiger partial charge in [0, 0.05) is 32.6 Å². The molecule has 1 aromatic rings. The Hall–Kier alpha value is -1.44. The van der Waals surface area contributed by atoms with Crippen LogP contribution in [-0.4, -0.2) is 76.5 Å². The average molecular weight is 658 g/mol. The van der Waals surface area contributed by atoms with Crippen LogP contribution >= 0.6 is 47.8 Å². The van der Waals surface area contributed by atoms with Gasteiger partial charge in [0.2, 0.25) is 12.3 Å². The van der Waals surface area contributed by atoms with E-state index < -0.39 is 20.2 Å². The Morgan fingerprint density at radius 1 is 1.33 bits per heavy atom. The van der Waals surface area contributed by atoms with Gasteiger partial charge >= 0.3 is 6.09 Å². The molecule has 2 aliphatic heterocycles. The third-order valence-electron chi connectivity index (χ3n) is 5.58. The second kappa shape index (κ2) is 10.9. The van der Waals surface area contributed by atoms with E-state index in [-0.39, 0.29) is 31.2 Å². The normalized spacial score (nSPS) is 22.7. The third-order valence-corrected chi connectivity index (χ3v) is 6.88. The fourth-order valence-corrected chi connectivity index (χ4v) is 5.22. The maximum Gasteiger partial charge on any atom is 0.414 e. The number of piperazine rings is 1. The number of anilines is 2. The number of carbonyl (C=O) groups excluding carboxylic acids is 3. The van der Waals surface area contributed by atoms with Crippen LogP contribution in [0.15, 0.2) is 18.2 Å². The highest BCUT2D eigenvalue weighted by atomic mass is 80.0. The molecule has 0 radical (unpaired) electrons. The molecule has 182 valence electrons. The smallest absolute Gasteiger partial charge is 0.414 e. The van der Waals surface area contributed by atoms with Crippen molar-refractivity contribution in [2.45, 2.75) is 34.3 Å². The maximum atomic E-state index is 15.1. The lowest BCUT2D eigenvalue weighted by atomic mass is 10.1. The van der Waals surface area contributed by atoms with E-state index in [1.165, 1.54) is 17.9 Å². The summed E-state index contributed by atoms with van der Waals surface area (Å²) in [4.78, 5) is 39.8. The van der Waals surface area contributed by atoms with Gasteiger partial charge in [-0.2, -0.15) is 0 Å². The van der Waals surface area contributed by atoms with Crippen molar-refractivity contribution in [1.82, 2.24) is 15.5 Å². The lowest BCUT2D eigenvalue weighted by Gasteiger charge is -2.46. The summed E-state index contributed by atoms with van der Waals surface area (Å²) in [6.45, 7) is 5.50. The number of benzene rings is 1. The van der Waals surface area contributed by atoms with Gasteiger partial charge in [-0.1, -0.05) is 47.8 Å². The summed E-state index contributed by atoms with van der Waals surface area (Å²) in [5, 5.41) is 5.41. The van der Waals surface area contributed by atoms with E-state index in [0.29, 0.717) is 37.4 Å². The fraction of sp³-hybridized carbons (Fsp3) is 0.550. The molecule has 0 aromatic heterocycles. The second-order valence-corrected chi connectivity index (χ2v) is 14.9. The van der Waals surface area contributed by atoms with E-state index in [1.54, 1.807) is 12.1 Å². The monoisotopic (exact) mass is 655 g/mol. The highest BCUT2D eigenvalue weighted by Crippen LogP contribution is 2.40. The van der Waals surface area contributed by atoms with E-state index in [4.69, 9.17) is 4.74 Å². The SMILES string of the molecule is CC(=O)NC[C@H]1CN(c2ccc(N3CCN(C(NC=O)C(Br)(Br)Br)C(C)C3)c(F)c2)C(=O)O1. The Kier molecular flexibility index (Phi) is 8.62. The van der Waals surface area contributed by atoms with Crippen molar-refractivity contribution >= 4 is 77.6 Å². The minimum atomic E-state index is -0.709. The molecular formula is C20H25Br3FN5O4. The van der Waals surface area contributed by atoms with Gasteiger partial charge in [0.25, 0.3) is 0 Å². The van der Waals surface area contributed by atoms with Crippen LogP contribution in [0.4, 0.5) is 20.6 Å². The molecule has 0 saturated carbocycles. The zero-order chi connectivity index (χ0) is 24.3. The number of ether oxygens (including phenoxy) is 1. The molecule has 0 aliphatic carbocycles. The summed E-state index contributed by atoms with van der Waals surface area (Å²) in [6, 6.07) is 4.68. The van der Waals surface area contributed by atoms with Crippen LogP contribution in [0.25, 0.3) is 0 Å². The highest BCUT2D eigenvalue weighted by molar-refractivity contribution is 9.39. The van der Waals surface area contributed by atoms with Crippen molar-refractivity contribution < 1.29 is 23.5 Å². The minimum Gasteiger partial charge on any atom is -0.442 e. The molecule has 9 nitrogen and oxygen atoms in total. The van der Waals surface area contributed by atoms with Gasteiger partial charge in [-0.3, -0.25) is 19.4 Å². The van der Waals surface area contributed by atoms with Gasteiger partial charge in [-0.25, -0.2) is 9.18 Å².